The number of aromatic nitrogens is 10. The van der Waals surface area contributed by atoms with E-state index in [4.69, 9.17) is 35.5 Å². The van der Waals surface area contributed by atoms with E-state index in [0.717, 1.165) is 32.1 Å². The van der Waals surface area contributed by atoms with Gasteiger partial charge in [0.25, 0.3) is 29.5 Å². The van der Waals surface area contributed by atoms with Crippen molar-refractivity contribution in [3.8, 4) is 0 Å². The first-order valence-corrected chi connectivity index (χ1v) is 39.6. The molecule has 0 aromatic carbocycles. The minimum Gasteiger partial charge on any atom is -0.393 e. The van der Waals surface area contributed by atoms with Crippen molar-refractivity contribution in [2.45, 2.75) is 323 Å². The first-order chi connectivity index (χ1) is 55.0. The van der Waals surface area contributed by atoms with E-state index in [9.17, 15) is 49.5 Å². The van der Waals surface area contributed by atoms with Crippen molar-refractivity contribution in [2.24, 2.45) is 58.2 Å². The van der Waals surface area contributed by atoms with Gasteiger partial charge in [-0.15, -0.1) is 0 Å². The molecule has 0 bridgehead atoms. The lowest BCUT2D eigenvalue weighted by Crippen LogP contribution is -2.36. The molecule has 5 aromatic rings. The molecule has 0 spiro atoms. The molecular weight excluding hydrogens is 1470 g/mol. The monoisotopic (exact) mass is 1610 g/mol. The highest BCUT2D eigenvalue weighted by Gasteiger charge is 2.34. The third kappa shape index (κ3) is 31.9. The number of hydrogen-bond acceptors (Lipinski definition) is 30. The number of primary amides is 5. The first-order valence-electron chi connectivity index (χ1n) is 42.1. The van der Waals surface area contributed by atoms with Gasteiger partial charge in [0.2, 0.25) is 29.7 Å². The number of aliphatic hydroxyl groups excluding tert-OH is 4. The zero-order valence-electron chi connectivity index (χ0n) is 75.9. The molecule has 5 fully saturated rings. The Kier molecular flexibility index (Phi) is 30.7. The van der Waals surface area contributed by atoms with Crippen LogP contribution < -0.4 is 81.8 Å². The Bertz CT molecular complexity index is 4310. The number of anilines is 10. The molecule has 35 heteroatoms. The quantitative estimate of drug-likeness (QED) is 0.0346. The summed E-state index contributed by atoms with van der Waals surface area (Å²) in [7, 11) is 0. The van der Waals surface area contributed by atoms with Crippen LogP contribution in [-0.2, 0) is 0 Å². The SMILES string of the molecule is CC1CCC(Nc2nc(NC(C)(C)C)ncc2C(N)=O)CC1O.[2H]C1(C)CCC(Nc2nc(NC(C)(C)C)ncc2C(N)=O)CC1O.[2H]C1(Nc2nc(NC(C)(C)C)ncc2C(N)=O)CCC(C)C(O)C1.[2H]C1(O)CC(Nc2nc(NC(C)(C)C)ncc2C(N)=O)CCC1C.[2H]C1([2H])C(Nc2nc(NC(C)(C)C)ncc2C(N)=O)CCC(C)C1O. The summed E-state index contributed by atoms with van der Waals surface area (Å²) in [5.41, 5.74) is 26.7. The van der Waals surface area contributed by atoms with Crippen LogP contribution in [0.25, 0.3) is 0 Å². The molecule has 5 amide bonds. The van der Waals surface area contributed by atoms with Crippen LogP contribution in [0.3, 0.4) is 0 Å². The van der Waals surface area contributed by atoms with Crippen LogP contribution in [-0.4, -0.2) is 193 Å². The summed E-state index contributed by atoms with van der Waals surface area (Å²) in [4.78, 5) is 101. The van der Waals surface area contributed by atoms with Crippen molar-refractivity contribution in [3.05, 3.63) is 58.8 Å². The molecule has 5 aromatic heterocycles. The van der Waals surface area contributed by atoms with Crippen LogP contribution in [0, 0.1) is 29.6 Å². The highest BCUT2D eigenvalue weighted by atomic mass is 16.3. The van der Waals surface area contributed by atoms with Crippen molar-refractivity contribution in [2.75, 3.05) is 53.2 Å². The predicted octanol–water partition coefficient (Wildman–Crippen LogP) is 8.74. The Morgan fingerprint density at radius 1 is 0.339 bits per heavy atom. The van der Waals surface area contributed by atoms with Gasteiger partial charge in [-0.1, -0.05) is 34.6 Å². The van der Waals surface area contributed by atoms with Gasteiger partial charge in [-0.05, 0) is 230 Å². The molecule has 15 unspecified atom stereocenters. The van der Waals surface area contributed by atoms with Gasteiger partial charge in [-0.25, -0.2) is 24.9 Å². The molecule has 640 valence electrons. The summed E-state index contributed by atoms with van der Waals surface area (Å²) in [6, 6.07) is -1.94. The number of hydrogen-bond donors (Lipinski definition) is 20. The summed E-state index contributed by atoms with van der Waals surface area (Å²) in [5, 5.41) is 81.9. The number of aliphatic hydroxyl groups is 5. The smallest absolute Gasteiger partial charge is 0.254 e. The van der Waals surface area contributed by atoms with E-state index >= 15 is 0 Å². The van der Waals surface area contributed by atoms with Gasteiger partial charge < -0.3 is 107 Å². The Hall–Kier alpha value is -9.45. The Balaban J connectivity index is 0.000000233. The largest absolute Gasteiger partial charge is 0.393 e. The molecule has 5 saturated carbocycles. The third-order valence-electron chi connectivity index (χ3n) is 19.3. The number of rotatable bonds is 20. The lowest BCUT2D eigenvalue weighted by molar-refractivity contribution is 0.0737. The van der Waals surface area contributed by atoms with Crippen LogP contribution in [0.15, 0.2) is 31.0 Å². The molecular formula is C80H135N25O10. The van der Waals surface area contributed by atoms with Gasteiger partial charge >= 0.3 is 0 Å². The summed E-state index contributed by atoms with van der Waals surface area (Å²) < 4.78 is 41.1. The Morgan fingerprint density at radius 2 is 0.591 bits per heavy atom. The second-order valence-corrected chi connectivity index (χ2v) is 36.0. The average molecular weight is 1610 g/mol. The zero-order valence-corrected chi connectivity index (χ0v) is 70.9. The highest BCUT2D eigenvalue weighted by Crippen LogP contribution is 2.34. The topological polar surface area (TPSA) is 566 Å². The summed E-state index contributed by atoms with van der Waals surface area (Å²) in [5.74, 6) is -0.366. The fraction of sp³-hybridized carbons (Fsp3) is 0.688. The van der Waals surface area contributed by atoms with Gasteiger partial charge in [0.1, 0.15) is 29.1 Å². The molecule has 10 rings (SSSR count). The van der Waals surface area contributed by atoms with Gasteiger partial charge in [-0.2, -0.15) is 24.9 Å². The lowest BCUT2D eigenvalue weighted by atomic mass is 9.85. The first kappa shape index (κ1) is 86.4. The predicted molar refractivity (Wildman–Crippen MR) is 452 cm³/mol. The minimum atomic E-state index is -1.85. The second-order valence-electron chi connectivity index (χ2n) is 36.0. The number of nitrogens with one attached hydrogen (secondary N) is 10. The standard InChI is InChI=1S/5C16H27N5O2/c5*1-9-5-6-10(7-12(9)22)19-14-11(13(17)23)8-18-15(20-14)21-16(2,3)4/h5*8-10,12,22H,5-7H2,1-4H3,(H2,17,23)(H2,18,19,20,21)/i12D;10D;9D;7D2;. The maximum atomic E-state index is 11.7. The van der Waals surface area contributed by atoms with Crippen LogP contribution in [0.2, 0.25) is 0 Å². The molecule has 0 radical (unpaired) electrons. The van der Waals surface area contributed by atoms with E-state index in [0.29, 0.717) is 98.1 Å². The third-order valence-corrected chi connectivity index (χ3v) is 19.3. The summed E-state index contributed by atoms with van der Waals surface area (Å²) >= 11 is 0. The van der Waals surface area contributed by atoms with Crippen molar-refractivity contribution in [1.29, 1.82) is 0 Å². The van der Waals surface area contributed by atoms with Gasteiger partial charge in [0, 0.05) is 93.0 Å². The van der Waals surface area contributed by atoms with Crippen molar-refractivity contribution in [3.63, 3.8) is 0 Å². The van der Waals surface area contributed by atoms with E-state index in [2.05, 4.69) is 103 Å². The van der Waals surface area contributed by atoms with Gasteiger partial charge in [0.15, 0.2) is 0 Å². The second kappa shape index (κ2) is 40.9. The molecule has 15 atom stereocenters. The average Bonchev–Trinajstić information content (AvgIpc) is 0.777. The fourth-order valence-corrected chi connectivity index (χ4v) is 12.7. The lowest BCUT2D eigenvalue weighted by Gasteiger charge is -2.32. The van der Waals surface area contributed by atoms with Crippen LogP contribution in [0.5, 0.6) is 0 Å². The molecule has 0 saturated heterocycles. The van der Waals surface area contributed by atoms with Crippen molar-refractivity contribution < 1.29 is 56.4 Å². The maximum absolute atomic E-state index is 11.7. The molecule has 25 N–H and O–H groups in total. The normalized spacial score (nSPS) is 28.0. The van der Waals surface area contributed by atoms with E-state index in [1.807, 2.05) is 132 Å². The summed E-state index contributed by atoms with van der Waals surface area (Å²) in [6.45, 7) is 39.1. The van der Waals surface area contributed by atoms with Crippen LogP contribution >= 0.6 is 0 Å². The molecule has 35 nitrogen and oxygen atoms in total. The summed E-state index contributed by atoms with van der Waals surface area (Å²) in [6.07, 6.45) is 9.52. The number of nitrogens with two attached hydrogens (primary N) is 5. The van der Waals surface area contributed by atoms with E-state index < -0.39 is 78.3 Å². The Labute approximate surface area is 685 Å². The zero-order chi connectivity index (χ0) is 90.6. The molecule has 5 aliphatic carbocycles. The van der Waals surface area contributed by atoms with E-state index in [1.165, 1.54) is 31.0 Å². The highest BCUT2D eigenvalue weighted by molar-refractivity contribution is 6.00. The van der Waals surface area contributed by atoms with Gasteiger partial charge in [0.05, 0.1) is 61.1 Å². The van der Waals surface area contributed by atoms with Gasteiger partial charge in [-0.3, -0.25) is 24.0 Å². The Morgan fingerprint density at radius 3 is 0.887 bits per heavy atom. The minimum absolute atomic E-state index is 0.0664. The maximum Gasteiger partial charge on any atom is 0.254 e. The number of nitrogens with zero attached hydrogens (tertiary/aromatic N) is 10. The molecule has 5 heterocycles. The number of amides is 5. The van der Waals surface area contributed by atoms with Crippen LogP contribution in [0.1, 0.15) is 293 Å². The van der Waals surface area contributed by atoms with E-state index in [-0.39, 0.29) is 122 Å². The molecule has 115 heavy (non-hydrogen) atoms. The van der Waals surface area contributed by atoms with E-state index in [1.54, 1.807) is 6.92 Å². The molecule has 0 aliphatic heterocycles. The number of carbonyl (C=O) groups is 5. The van der Waals surface area contributed by atoms with Crippen molar-refractivity contribution >= 4 is 88.4 Å². The fourth-order valence-electron chi connectivity index (χ4n) is 12.7. The molecule has 5 aliphatic rings. The van der Waals surface area contributed by atoms with Crippen LogP contribution in [0.4, 0.5) is 58.8 Å². The van der Waals surface area contributed by atoms with Crippen molar-refractivity contribution in [1.82, 2.24) is 49.8 Å². The number of carbonyl (C=O) groups excluding carboxylic acids is 5.